The number of carbonyl (C=O) groups is 3. The number of carbonyl (C=O) groups excluding carboxylic acids is 3. The van der Waals surface area contributed by atoms with Crippen LogP contribution in [0.4, 0.5) is 10.5 Å². The third kappa shape index (κ3) is 6.64. The zero-order valence-corrected chi connectivity index (χ0v) is 21.6. The van der Waals surface area contributed by atoms with Gasteiger partial charge in [-0.15, -0.1) is 0 Å². The monoisotopic (exact) mass is 521 g/mol. The number of nitrogens with one attached hydrogen (secondary N) is 1. The van der Waals surface area contributed by atoms with Gasteiger partial charge in [-0.3, -0.25) is 4.79 Å². The summed E-state index contributed by atoms with van der Waals surface area (Å²) in [6.45, 7) is 6.24. The molecule has 10 nitrogen and oxygen atoms in total. The van der Waals surface area contributed by atoms with Crippen molar-refractivity contribution in [3.05, 3.63) is 77.7 Å². The molecule has 0 fully saturated rings. The summed E-state index contributed by atoms with van der Waals surface area (Å²) < 4.78 is 21.3. The van der Waals surface area contributed by atoms with Gasteiger partial charge < -0.3 is 33.7 Å². The van der Waals surface area contributed by atoms with Crippen molar-refractivity contribution in [3.63, 3.8) is 0 Å². The van der Waals surface area contributed by atoms with E-state index in [2.05, 4.69) is 5.32 Å². The molecule has 0 spiro atoms. The van der Waals surface area contributed by atoms with Crippen LogP contribution in [0.1, 0.15) is 42.5 Å². The first-order valence-electron chi connectivity index (χ1n) is 12.4. The minimum atomic E-state index is -0.432. The molecule has 2 heterocycles. The Morgan fingerprint density at radius 2 is 1.76 bits per heavy atom. The normalized spacial score (nSPS) is 11.8. The molecular weight excluding hydrogens is 490 g/mol. The average Bonchev–Trinajstić information content (AvgIpc) is 3.59. The summed E-state index contributed by atoms with van der Waals surface area (Å²) in [7, 11) is 0. The molecule has 200 valence electrons. The quantitative estimate of drug-likeness (QED) is 0.387. The van der Waals surface area contributed by atoms with Gasteiger partial charge in [-0.1, -0.05) is 6.07 Å². The Morgan fingerprint density at radius 1 is 1.00 bits per heavy atom. The van der Waals surface area contributed by atoms with Crippen molar-refractivity contribution in [1.29, 1.82) is 0 Å². The zero-order chi connectivity index (χ0) is 27.1. The van der Waals surface area contributed by atoms with Crippen molar-refractivity contribution < 1.29 is 33.0 Å². The van der Waals surface area contributed by atoms with E-state index in [1.54, 1.807) is 54.5 Å². The highest BCUT2D eigenvalue weighted by atomic mass is 16.7. The molecule has 0 radical (unpaired) electrons. The molecule has 0 saturated heterocycles. The molecular formula is C28H31N3O7. The standard InChI is InChI=1S/C28H31N3O7/c1-4-35-27(33)21-8-10-22(11-9-21)29-28(34)31(19(2)3)17-26(32)30(16-23-6-5-13-36-23)15-20-7-12-24-25(14-20)38-18-37-24/h5-14,19H,4,15-18H2,1-3H3,(H,29,34). The van der Waals surface area contributed by atoms with E-state index >= 15 is 0 Å². The van der Waals surface area contributed by atoms with E-state index in [0.29, 0.717) is 35.1 Å². The Bertz CT molecular complexity index is 1260. The summed E-state index contributed by atoms with van der Waals surface area (Å²) in [6, 6.07) is 14.8. The van der Waals surface area contributed by atoms with Gasteiger partial charge in [0.25, 0.3) is 0 Å². The van der Waals surface area contributed by atoms with E-state index in [1.807, 2.05) is 32.0 Å². The van der Waals surface area contributed by atoms with Crippen molar-refractivity contribution >= 4 is 23.6 Å². The van der Waals surface area contributed by atoms with Crippen LogP contribution >= 0.6 is 0 Å². The molecule has 0 saturated carbocycles. The van der Waals surface area contributed by atoms with Gasteiger partial charge in [0.1, 0.15) is 12.3 Å². The lowest BCUT2D eigenvalue weighted by atomic mass is 10.1. The Balaban J connectivity index is 1.45. The molecule has 38 heavy (non-hydrogen) atoms. The smallest absolute Gasteiger partial charge is 0.338 e. The van der Waals surface area contributed by atoms with Crippen molar-refractivity contribution in [3.8, 4) is 11.5 Å². The first kappa shape index (κ1) is 26.6. The van der Waals surface area contributed by atoms with Crippen LogP contribution in [0.25, 0.3) is 0 Å². The second-order valence-corrected chi connectivity index (χ2v) is 8.97. The number of urea groups is 1. The number of rotatable bonds is 10. The summed E-state index contributed by atoms with van der Waals surface area (Å²) in [5.41, 5.74) is 1.74. The maximum absolute atomic E-state index is 13.5. The van der Waals surface area contributed by atoms with Crippen LogP contribution in [0, 0.1) is 0 Å². The zero-order valence-electron chi connectivity index (χ0n) is 21.6. The fraction of sp³-hybridized carbons (Fsp3) is 0.321. The van der Waals surface area contributed by atoms with Crippen LogP contribution in [-0.2, 0) is 22.6 Å². The summed E-state index contributed by atoms with van der Waals surface area (Å²) in [6.07, 6.45) is 1.56. The van der Waals surface area contributed by atoms with Crippen molar-refractivity contribution in [1.82, 2.24) is 9.80 Å². The topological polar surface area (TPSA) is 111 Å². The van der Waals surface area contributed by atoms with E-state index < -0.39 is 12.0 Å². The van der Waals surface area contributed by atoms with E-state index in [4.69, 9.17) is 18.6 Å². The van der Waals surface area contributed by atoms with Crippen LogP contribution in [-0.4, -0.2) is 53.7 Å². The Morgan fingerprint density at radius 3 is 2.45 bits per heavy atom. The molecule has 1 N–H and O–H groups in total. The molecule has 2 aromatic carbocycles. The second-order valence-electron chi connectivity index (χ2n) is 8.97. The van der Waals surface area contributed by atoms with Gasteiger partial charge in [0.05, 0.1) is 25.0 Å². The van der Waals surface area contributed by atoms with Crippen LogP contribution < -0.4 is 14.8 Å². The molecule has 0 atom stereocenters. The lowest BCUT2D eigenvalue weighted by Gasteiger charge is -2.30. The first-order valence-corrected chi connectivity index (χ1v) is 12.4. The Kier molecular flexibility index (Phi) is 8.52. The van der Waals surface area contributed by atoms with E-state index in [9.17, 15) is 14.4 Å². The number of furan rings is 1. The van der Waals surface area contributed by atoms with Crippen LogP contribution in [0.5, 0.6) is 11.5 Å². The van der Waals surface area contributed by atoms with Gasteiger partial charge >= 0.3 is 12.0 Å². The number of ether oxygens (including phenoxy) is 3. The molecule has 0 bridgehead atoms. The highest BCUT2D eigenvalue weighted by molar-refractivity contribution is 5.94. The minimum absolute atomic E-state index is 0.143. The first-order chi connectivity index (χ1) is 18.3. The number of hydrogen-bond acceptors (Lipinski definition) is 7. The molecule has 1 aromatic heterocycles. The predicted octanol–water partition coefficient (Wildman–Crippen LogP) is 4.66. The summed E-state index contributed by atoms with van der Waals surface area (Å²) >= 11 is 0. The van der Waals surface area contributed by atoms with E-state index in [0.717, 1.165) is 5.56 Å². The van der Waals surface area contributed by atoms with E-state index in [-0.39, 0.29) is 38.4 Å². The third-order valence-electron chi connectivity index (χ3n) is 5.93. The molecule has 1 aliphatic rings. The highest BCUT2D eigenvalue weighted by Gasteiger charge is 2.25. The maximum atomic E-state index is 13.5. The molecule has 1 aliphatic heterocycles. The minimum Gasteiger partial charge on any atom is -0.467 e. The molecule has 3 amide bonds. The van der Waals surface area contributed by atoms with Gasteiger partial charge in [-0.2, -0.15) is 0 Å². The summed E-state index contributed by atoms with van der Waals surface area (Å²) in [4.78, 5) is 41.6. The van der Waals surface area contributed by atoms with Gasteiger partial charge in [-0.05, 0) is 74.9 Å². The van der Waals surface area contributed by atoms with E-state index in [1.165, 1.54) is 4.90 Å². The number of fused-ring (bicyclic) bond motifs is 1. The van der Waals surface area contributed by atoms with Gasteiger partial charge in [0.15, 0.2) is 11.5 Å². The lowest BCUT2D eigenvalue weighted by molar-refractivity contribution is -0.133. The summed E-state index contributed by atoms with van der Waals surface area (Å²) in [5.74, 6) is 1.24. The van der Waals surface area contributed by atoms with Gasteiger partial charge in [-0.25, -0.2) is 9.59 Å². The number of nitrogens with zero attached hydrogens (tertiary/aromatic N) is 2. The molecule has 3 aromatic rings. The predicted molar refractivity (Wildman–Crippen MR) is 139 cm³/mol. The highest BCUT2D eigenvalue weighted by Crippen LogP contribution is 2.33. The molecule has 10 heteroatoms. The Hall–Kier alpha value is -4.47. The maximum Gasteiger partial charge on any atom is 0.338 e. The largest absolute Gasteiger partial charge is 0.467 e. The van der Waals surface area contributed by atoms with Gasteiger partial charge in [0.2, 0.25) is 12.7 Å². The van der Waals surface area contributed by atoms with Crippen LogP contribution in [0.3, 0.4) is 0 Å². The lowest BCUT2D eigenvalue weighted by Crippen LogP contribution is -2.47. The number of amides is 3. The van der Waals surface area contributed by atoms with Crippen molar-refractivity contribution in [2.45, 2.75) is 39.9 Å². The Labute approximate surface area is 221 Å². The average molecular weight is 522 g/mol. The third-order valence-corrected chi connectivity index (χ3v) is 5.93. The second kappa shape index (κ2) is 12.2. The SMILES string of the molecule is CCOC(=O)c1ccc(NC(=O)N(CC(=O)N(Cc2ccc3c(c2)OCO3)Cc2ccco2)C(C)C)cc1. The summed E-state index contributed by atoms with van der Waals surface area (Å²) in [5, 5.41) is 2.80. The number of esters is 1. The number of benzene rings is 2. The number of anilines is 1. The molecule has 0 aliphatic carbocycles. The molecule has 0 unspecified atom stereocenters. The fourth-order valence-corrected chi connectivity index (χ4v) is 3.92. The fourth-order valence-electron chi connectivity index (χ4n) is 3.92. The van der Waals surface area contributed by atoms with Crippen LogP contribution in [0.2, 0.25) is 0 Å². The van der Waals surface area contributed by atoms with Gasteiger partial charge in [0, 0.05) is 18.3 Å². The number of hydrogen-bond donors (Lipinski definition) is 1. The van der Waals surface area contributed by atoms with Crippen molar-refractivity contribution in [2.75, 3.05) is 25.3 Å². The van der Waals surface area contributed by atoms with Crippen molar-refractivity contribution in [2.24, 2.45) is 0 Å². The van der Waals surface area contributed by atoms with Crippen LogP contribution in [0.15, 0.2) is 65.3 Å². The molecule has 4 rings (SSSR count).